The zero-order chi connectivity index (χ0) is 13.6. The quantitative estimate of drug-likeness (QED) is 0.857. The van der Waals surface area contributed by atoms with Crippen LogP contribution in [-0.4, -0.2) is 39.8 Å². The number of aromatic nitrogens is 2. The van der Waals surface area contributed by atoms with Crippen molar-refractivity contribution in [1.29, 1.82) is 0 Å². The molecular weight excluding hydrogens is 246 g/mol. The van der Waals surface area contributed by atoms with Gasteiger partial charge in [0.2, 0.25) is 0 Å². The molecule has 3 rings (SSSR count). The number of nitrogens with one attached hydrogen (secondary N) is 1. The summed E-state index contributed by atoms with van der Waals surface area (Å²) in [6.07, 6.45) is 4.13. The van der Waals surface area contributed by atoms with Crippen molar-refractivity contribution in [2.45, 2.75) is 32.4 Å². The number of rotatable bonds is 3. The Morgan fingerprint density at radius 3 is 2.89 bits per heavy atom. The van der Waals surface area contributed by atoms with Crippen LogP contribution >= 0.6 is 0 Å². The van der Waals surface area contributed by atoms with Crippen LogP contribution in [-0.2, 0) is 4.74 Å². The fourth-order valence-corrected chi connectivity index (χ4v) is 3.29. The molecule has 1 aromatic rings. The Bertz CT molecular complexity index is 500. The second-order valence-corrected chi connectivity index (χ2v) is 5.78. The number of aromatic carboxylic acids is 1. The van der Waals surface area contributed by atoms with E-state index in [0.717, 1.165) is 13.0 Å². The minimum Gasteiger partial charge on any atom is -0.476 e. The number of hydrogen-bond acceptors (Lipinski definition) is 5. The van der Waals surface area contributed by atoms with Gasteiger partial charge in [-0.05, 0) is 6.42 Å². The molecule has 6 heteroatoms. The summed E-state index contributed by atoms with van der Waals surface area (Å²) in [7, 11) is 0. The summed E-state index contributed by atoms with van der Waals surface area (Å²) in [4.78, 5) is 18.7. The van der Waals surface area contributed by atoms with Gasteiger partial charge in [0.25, 0.3) is 0 Å². The molecule has 102 valence electrons. The first-order chi connectivity index (χ1) is 9.00. The molecule has 1 aliphatic heterocycles. The van der Waals surface area contributed by atoms with Crippen LogP contribution in [0.1, 0.15) is 30.8 Å². The standard InChI is InChI=1S/C13H17N3O3/c1-13(2)10(7-3-4-19-11(7)13)16-9-6-14-8(5-15-9)12(17)18/h5-7,10-11H,3-4H2,1-2H3,(H,15,16)(H,17,18). The van der Waals surface area contributed by atoms with Gasteiger partial charge in [0.15, 0.2) is 5.69 Å². The molecule has 0 aromatic carbocycles. The second-order valence-electron chi connectivity index (χ2n) is 5.78. The van der Waals surface area contributed by atoms with Crippen LogP contribution in [0.5, 0.6) is 0 Å². The molecule has 2 fully saturated rings. The molecule has 0 bridgehead atoms. The van der Waals surface area contributed by atoms with Gasteiger partial charge in [-0.3, -0.25) is 0 Å². The van der Waals surface area contributed by atoms with Crippen LogP contribution in [0.15, 0.2) is 12.4 Å². The SMILES string of the molecule is CC1(C)C(Nc2cnc(C(=O)O)cn2)C2CCOC21. The maximum atomic E-state index is 10.7. The van der Waals surface area contributed by atoms with E-state index in [9.17, 15) is 4.79 Å². The molecule has 1 saturated heterocycles. The summed E-state index contributed by atoms with van der Waals surface area (Å²) in [5.74, 6) is 0.0663. The molecule has 1 saturated carbocycles. The van der Waals surface area contributed by atoms with Gasteiger partial charge < -0.3 is 15.2 Å². The number of carboxylic acid groups (broad SMARTS) is 1. The first-order valence-electron chi connectivity index (χ1n) is 6.43. The van der Waals surface area contributed by atoms with Crippen molar-refractivity contribution in [2.75, 3.05) is 11.9 Å². The molecule has 19 heavy (non-hydrogen) atoms. The lowest BCUT2D eigenvalue weighted by Crippen LogP contribution is -2.63. The highest BCUT2D eigenvalue weighted by Crippen LogP contribution is 2.53. The van der Waals surface area contributed by atoms with E-state index < -0.39 is 5.97 Å². The fraction of sp³-hybridized carbons (Fsp3) is 0.615. The summed E-state index contributed by atoms with van der Waals surface area (Å²) in [6.45, 7) is 5.17. The topological polar surface area (TPSA) is 84.3 Å². The summed E-state index contributed by atoms with van der Waals surface area (Å²) < 4.78 is 5.73. The minimum atomic E-state index is -1.06. The number of ether oxygens (including phenoxy) is 1. The van der Waals surface area contributed by atoms with Crippen LogP contribution in [0.4, 0.5) is 5.82 Å². The zero-order valence-corrected chi connectivity index (χ0v) is 11.0. The van der Waals surface area contributed by atoms with Gasteiger partial charge in [0.1, 0.15) is 5.82 Å². The molecule has 3 unspecified atom stereocenters. The summed E-state index contributed by atoms with van der Waals surface area (Å²) >= 11 is 0. The number of carboxylic acids is 1. The largest absolute Gasteiger partial charge is 0.476 e. The van der Waals surface area contributed by atoms with E-state index in [-0.39, 0.29) is 11.1 Å². The third kappa shape index (κ3) is 1.87. The third-order valence-electron chi connectivity index (χ3n) is 4.27. The number of fused-ring (bicyclic) bond motifs is 1. The molecule has 1 aliphatic carbocycles. The van der Waals surface area contributed by atoms with E-state index in [1.165, 1.54) is 12.4 Å². The number of carbonyl (C=O) groups is 1. The smallest absolute Gasteiger partial charge is 0.356 e. The second kappa shape index (κ2) is 4.16. The molecule has 0 radical (unpaired) electrons. The predicted octanol–water partition coefficient (Wildman–Crippen LogP) is 1.40. The molecule has 6 nitrogen and oxygen atoms in total. The number of nitrogens with zero attached hydrogens (tertiary/aromatic N) is 2. The molecule has 3 atom stereocenters. The lowest BCUT2D eigenvalue weighted by Gasteiger charge is -2.54. The van der Waals surface area contributed by atoms with Gasteiger partial charge >= 0.3 is 5.97 Å². The van der Waals surface area contributed by atoms with E-state index in [0.29, 0.717) is 23.9 Å². The lowest BCUT2D eigenvalue weighted by molar-refractivity contribution is -0.0924. The monoisotopic (exact) mass is 263 g/mol. The number of hydrogen-bond donors (Lipinski definition) is 2. The van der Waals surface area contributed by atoms with Crippen molar-refractivity contribution in [3.8, 4) is 0 Å². The highest BCUT2D eigenvalue weighted by Gasteiger charge is 2.59. The van der Waals surface area contributed by atoms with Crippen LogP contribution in [0.25, 0.3) is 0 Å². The first kappa shape index (κ1) is 12.3. The van der Waals surface area contributed by atoms with Gasteiger partial charge in [0, 0.05) is 24.0 Å². The van der Waals surface area contributed by atoms with Crippen molar-refractivity contribution >= 4 is 11.8 Å². The molecule has 2 heterocycles. The Labute approximate surface area is 111 Å². The van der Waals surface area contributed by atoms with Gasteiger partial charge in [-0.15, -0.1) is 0 Å². The van der Waals surface area contributed by atoms with Crippen molar-refractivity contribution in [3.63, 3.8) is 0 Å². The molecule has 0 spiro atoms. The van der Waals surface area contributed by atoms with Gasteiger partial charge in [-0.25, -0.2) is 14.8 Å². The lowest BCUT2D eigenvalue weighted by atomic mass is 9.57. The molecule has 0 amide bonds. The first-order valence-corrected chi connectivity index (χ1v) is 6.43. The van der Waals surface area contributed by atoms with Gasteiger partial charge in [-0.1, -0.05) is 13.8 Å². The minimum absolute atomic E-state index is 0.0412. The average Bonchev–Trinajstić information content (AvgIpc) is 2.83. The highest BCUT2D eigenvalue weighted by atomic mass is 16.5. The highest BCUT2D eigenvalue weighted by molar-refractivity contribution is 5.84. The van der Waals surface area contributed by atoms with Crippen LogP contribution in [0, 0.1) is 11.3 Å². The maximum Gasteiger partial charge on any atom is 0.356 e. The zero-order valence-electron chi connectivity index (χ0n) is 11.0. The normalized spacial score (nSPS) is 31.4. The summed E-state index contributed by atoms with van der Waals surface area (Å²) in [6, 6.07) is 0.296. The van der Waals surface area contributed by atoms with Crippen molar-refractivity contribution in [2.24, 2.45) is 11.3 Å². The summed E-state index contributed by atoms with van der Waals surface area (Å²) in [5.41, 5.74) is 0.0226. The molecule has 1 aromatic heterocycles. The van der Waals surface area contributed by atoms with Crippen molar-refractivity contribution in [1.82, 2.24) is 9.97 Å². The van der Waals surface area contributed by atoms with Crippen LogP contribution < -0.4 is 5.32 Å². The molecule has 2 aliphatic rings. The Hall–Kier alpha value is -1.69. The van der Waals surface area contributed by atoms with Crippen LogP contribution in [0.3, 0.4) is 0 Å². The summed E-state index contributed by atoms with van der Waals surface area (Å²) in [5, 5.41) is 12.1. The van der Waals surface area contributed by atoms with E-state index in [2.05, 4.69) is 29.1 Å². The van der Waals surface area contributed by atoms with E-state index in [1.807, 2.05) is 0 Å². The predicted molar refractivity (Wildman–Crippen MR) is 68.0 cm³/mol. The van der Waals surface area contributed by atoms with Gasteiger partial charge in [0.05, 0.1) is 18.5 Å². The van der Waals surface area contributed by atoms with E-state index >= 15 is 0 Å². The third-order valence-corrected chi connectivity index (χ3v) is 4.27. The van der Waals surface area contributed by atoms with E-state index in [1.54, 1.807) is 0 Å². The Morgan fingerprint density at radius 2 is 2.26 bits per heavy atom. The number of anilines is 1. The van der Waals surface area contributed by atoms with Crippen molar-refractivity contribution < 1.29 is 14.6 Å². The van der Waals surface area contributed by atoms with Gasteiger partial charge in [-0.2, -0.15) is 0 Å². The Kier molecular flexibility index (Phi) is 2.70. The molecular formula is C13H17N3O3. The van der Waals surface area contributed by atoms with E-state index in [4.69, 9.17) is 9.84 Å². The van der Waals surface area contributed by atoms with Crippen LogP contribution in [0.2, 0.25) is 0 Å². The van der Waals surface area contributed by atoms with Crippen molar-refractivity contribution in [3.05, 3.63) is 18.1 Å². The fourth-order valence-electron chi connectivity index (χ4n) is 3.29. The average molecular weight is 263 g/mol. The Balaban J connectivity index is 1.73. The molecule has 2 N–H and O–H groups in total. The maximum absolute atomic E-state index is 10.7. The Morgan fingerprint density at radius 1 is 1.47 bits per heavy atom.